The molecule has 1 aliphatic carbocycles. The highest BCUT2D eigenvalue weighted by Gasteiger charge is 2.48. The van der Waals surface area contributed by atoms with Gasteiger partial charge in [-0.3, -0.25) is 24.4 Å². The van der Waals surface area contributed by atoms with Crippen LogP contribution in [-0.2, 0) is 14.4 Å². The number of aryl methyl sites for hydroxylation is 1. The van der Waals surface area contributed by atoms with Crippen molar-refractivity contribution in [3.8, 4) is 11.4 Å². The lowest BCUT2D eigenvalue weighted by Crippen LogP contribution is -2.38. The number of likely N-dealkylation sites (tertiary alicyclic amines) is 1. The summed E-state index contributed by atoms with van der Waals surface area (Å²) < 4.78 is 0. The van der Waals surface area contributed by atoms with Gasteiger partial charge in [-0.25, -0.2) is 4.98 Å². The van der Waals surface area contributed by atoms with E-state index in [-0.39, 0.29) is 30.2 Å². The van der Waals surface area contributed by atoms with Gasteiger partial charge in [0, 0.05) is 11.3 Å². The molecular formula is C19H21N5O3. The number of fused-ring (bicyclic) bond motifs is 1. The van der Waals surface area contributed by atoms with E-state index in [0.29, 0.717) is 17.3 Å². The van der Waals surface area contributed by atoms with Gasteiger partial charge in [-0.2, -0.15) is 5.10 Å². The van der Waals surface area contributed by atoms with Gasteiger partial charge in [0.25, 0.3) is 0 Å². The Morgan fingerprint density at radius 3 is 2.56 bits per heavy atom. The number of nitrogens with zero attached hydrogens (tertiary/aromatic N) is 3. The first-order valence-electron chi connectivity index (χ1n) is 9.17. The molecule has 1 aromatic heterocycles. The van der Waals surface area contributed by atoms with Crippen LogP contribution in [0, 0.1) is 18.8 Å². The second-order valence-corrected chi connectivity index (χ2v) is 7.13. The van der Waals surface area contributed by atoms with E-state index < -0.39 is 5.91 Å². The lowest BCUT2D eigenvalue weighted by molar-refractivity contribution is -0.142. The van der Waals surface area contributed by atoms with Crippen LogP contribution in [0.2, 0.25) is 0 Å². The van der Waals surface area contributed by atoms with E-state index in [2.05, 4.69) is 20.5 Å². The van der Waals surface area contributed by atoms with Crippen molar-refractivity contribution in [1.82, 2.24) is 20.1 Å². The Balaban J connectivity index is 1.44. The van der Waals surface area contributed by atoms with E-state index in [9.17, 15) is 14.4 Å². The van der Waals surface area contributed by atoms with Gasteiger partial charge in [0.1, 0.15) is 12.4 Å². The number of H-pyrrole nitrogens is 1. The topological polar surface area (TPSA) is 108 Å². The molecular weight excluding hydrogens is 346 g/mol. The molecule has 1 aliphatic heterocycles. The summed E-state index contributed by atoms with van der Waals surface area (Å²) in [6.07, 6.45) is 3.42. The Morgan fingerprint density at radius 1 is 1.22 bits per heavy atom. The Bertz CT molecular complexity index is 882. The van der Waals surface area contributed by atoms with E-state index in [1.165, 1.54) is 0 Å². The second-order valence-electron chi connectivity index (χ2n) is 7.13. The molecule has 2 N–H and O–H groups in total. The van der Waals surface area contributed by atoms with Crippen LogP contribution in [0.25, 0.3) is 11.4 Å². The third kappa shape index (κ3) is 3.34. The molecule has 0 radical (unpaired) electrons. The fourth-order valence-corrected chi connectivity index (χ4v) is 3.94. The maximum Gasteiger partial charge on any atom is 0.244 e. The molecule has 8 nitrogen and oxygen atoms in total. The number of carbonyl (C=O) groups is 3. The number of carbonyl (C=O) groups excluding carboxylic acids is 3. The standard InChI is InChI=1S/C19H21N5O3/c1-11-20-17(23-22-11)12-5-4-6-13(9-12)21-16(25)10-24-18(26)14-7-2-3-8-15(14)19(24)27/h4-6,9,14-15H,2-3,7-8,10H2,1H3,(H,21,25)(H,20,22,23). The third-order valence-corrected chi connectivity index (χ3v) is 5.24. The van der Waals surface area contributed by atoms with Gasteiger partial charge in [-0.15, -0.1) is 0 Å². The van der Waals surface area contributed by atoms with Crippen molar-refractivity contribution in [3.05, 3.63) is 30.1 Å². The van der Waals surface area contributed by atoms with E-state index in [1.807, 2.05) is 13.0 Å². The molecule has 2 unspecified atom stereocenters. The van der Waals surface area contributed by atoms with Crippen LogP contribution in [0.1, 0.15) is 31.5 Å². The molecule has 1 saturated carbocycles. The van der Waals surface area contributed by atoms with Gasteiger partial charge in [0.05, 0.1) is 11.8 Å². The minimum Gasteiger partial charge on any atom is -0.325 e. The van der Waals surface area contributed by atoms with Crippen LogP contribution in [0.4, 0.5) is 5.69 Å². The summed E-state index contributed by atoms with van der Waals surface area (Å²) in [6.45, 7) is 1.57. The fourth-order valence-electron chi connectivity index (χ4n) is 3.94. The van der Waals surface area contributed by atoms with Crippen molar-refractivity contribution in [3.63, 3.8) is 0 Å². The number of rotatable bonds is 4. The number of hydrogen-bond acceptors (Lipinski definition) is 5. The number of aromatic nitrogens is 3. The zero-order chi connectivity index (χ0) is 19.0. The number of anilines is 1. The van der Waals surface area contributed by atoms with E-state index >= 15 is 0 Å². The number of benzene rings is 1. The normalized spacial score (nSPS) is 22.0. The minimum absolute atomic E-state index is 0.204. The molecule has 27 heavy (non-hydrogen) atoms. The molecule has 140 valence electrons. The summed E-state index contributed by atoms with van der Waals surface area (Å²) in [5.41, 5.74) is 1.33. The van der Waals surface area contributed by atoms with Crippen LogP contribution in [-0.4, -0.2) is 44.3 Å². The highest BCUT2D eigenvalue weighted by molar-refractivity contribution is 6.08. The predicted octanol–water partition coefficient (Wildman–Crippen LogP) is 1.89. The van der Waals surface area contributed by atoms with Crippen molar-refractivity contribution in [2.24, 2.45) is 11.8 Å². The highest BCUT2D eigenvalue weighted by atomic mass is 16.2. The smallest absolute Gasteiger partial charge is 0.244 e. The van der Waals surface area contributed by atoms with Gasteiger partial charge >= 0.3 is 0 Å². The van der Waals surface area contributed by atoms with E-state index in [0.717, 1.165) is 36.1 Å². The number of nitrogens with one attached hydrogen (secondary N) is 2. The quantitative estimate of drug-likeness (QED) is 0.803. The molecule has 2 aliphatic rings. The average molecular weight is 367 g/mol. The maximum atomic E-state index is 12.5. The fraction of sp³-hybridized carbons (Fsp3) is 0.421. The molecule has 2 aromatic rings. The molecule has 2 atom stereocenters. The molecule has 0 spiro atoms. The summed E-state index contributed by atoms with van der Waals surface area (Å²) in [7, 11) is 0. The van der Waals surface area contributed by atoms with Crippen LogP contribution in [0.5, 0.6) is 0 Å². The summed E-state index contributed by atoms with van der Waals surface area (Å²) in [4.78, 5) is 42.8. The SMILES string of the molecule is Cc1nc(-c2cccc(NC(=O)CN3C(=O)C4CCCCC4C3=O)c2)n[nH]1. The first kappa shape index (κ1) is 17.4. The van der Waals surface area contributed by atoms with Crippen molar-refractivity contribution in [2.45, 2.75) is 32.6 Å². The van der Waals surface area contributed by atoms with Gasteiger partial charge in [0.15, 0.2) is 5.82 Å². The average Bonchev–Trinajstić information content (AvgIpc) is 3.20. The number of amides is 3. The summed E-state index contributed by atoms with van der Waals surface area (Å²) in [5, 5.41) is 9.64. The van der Waals surface area contributed by atoms with Crippen LogP contribution in [0.15, 0.2) is 24.3 Å². The molecule has 8 heteroatoms. The predicted molar refractivity (Wildman–Crippen MR) is 97.4 cm³/mol. The lowest BCUT2D eigenvalue weighted by Gasteiger charge is -2.19. The lowest BCUT2D eigenvalue weighted by atomic mass is 9.81. The van der Waals surface area contributed by atoms with Gasteiger partial charge < -0.3 is 5.32 Å². The largest absolute Gasteiger partial charge is 0.325 e. The molecule has 2 fully saturated rings. The summed E-state index contributed by atoms with van der Waals surface area (Å²) in [5.74, 6) is -0.0366. The zero-order valence-electron chi connectivity index (χ0n) is 15.1. The van der Waals surface area contributed by atoms with Gasteiger partial charge in [-0.1, -0.05) is 25.0 Å². The van der Waals surface area contributed by atoms with E-state index in [1.54, 1.807) is 18.2 Å². The second kappa shape index (κ2) is 6.94. The molecule has 1 saturated heterocycles. The Labute approximate surface area is 156 Å². The van der Waals surface area contributed by atoms with Gasteiger partial charge in [0.2, 0.25) is 17.7 Å². The number of aromatic amines is 1. The molecule has 1 aromatic carbocycles. The first-order valence-corrected chi connectivity index (χ1v) is 9.17. The first-order chi connectivity index (χ1) is 13.0. The monoisotopic (exact) mass is 367 g/mol. The van der Waals surface area contributed by atoms with Crippen LogP contribution in [0.3, 0.4) is 0 Å². The Morgan fingerprint density at radius 2 is 1.93 bits per heavy atom. The van der Waals surface area contributed by atoms with Crippen molar-refractivity contribution < 1.29 is 14.4 Å². The van der Waals surface area contributed by atoms with Gasteiger partial charge in [-0.05, 0) is 31.9 Å². The summed E-state index contributed by atoms with van der Waals surface area (Å²) in [6, 6.07) is 7.13. The molecule has 3 amide bonds. The van der Waals surface area contributed by atoms with Crippen LogP contribution >= 0.6 is 0 Å². The van der Waals surface area contributed by atoms with Crippen molar-refractivity contribution in [2.75, 3.05) is 11.9 Å². The molecule has 4 rings (SSSR count). The minimum atomic E-state index is -0.390. The Kier molecular flexibility index (Phi) is 4.47. The number of hydrogen-bond donors (Lipinski definition) is 2. The molecule has 0 bridgehead atoms. The maximum absolute atomic E-state index is 12.5. The van der Waals surface area contributed by atoms with E-state index in [4.69, 9.17) is 0 Å². The Hall–Kier alpha value is -3.03. The van der Waals surface area contributed by atoms with Crippen molar-refractivity contribution >= 4 is 23.4 Å². The molecule has 2 heterocycles. The highest BCUT2D eigenvalue weighted by Crippen LogP contribution is 2.37. The zero-order valence-corrected chi connectivity index (χ0v) is 15.1. The van der Waals surface area contributed by atoms with Crippen LogP contribution < -0.4 is 5.32 Å². The summed E-state index contributed by atoms with van der Waals surface area (Å²) >= 11 is 0. The number of imide groups is 1. The van der Waals surface area contributed by atoms with Crippen molar-refractivity contribution in [1.29, 1.82) is 0 Å². The third-order valence-electron chi connectivity index (χ3n) is 5.24.